The van der Waals surface area contributed by atoms with Crippen LogP contribution in [0.2, 0.25) is 0 Å². The number of fused-ring (bicyclic) bond motifs is 1. The summed E-state index contributed by atoms with van der Waals surface area (Å²) in [4.78, 5) is 25.3. The molecule has 5 heteroatoms. The van der Waals surface area contributed by atoms with E-state index in [4.69, 9.17) is 4.98 Å². The molecule has 0 saturated heterocycles. The summed E-state index contributed by atoms with van der Waals surface area (Å²) in [6, 6.07) is 13.0. The number of hydrogen-bond acceptors (Lipinski definition) is 4. The molecule has 0 unspecified atom stereocenters. The van der Waals surface area contributed by atoms with Crippen LogP contribution in [0.25, 0.3) is 10.4 Å². The first-order valence-corrected chi connectivity index (χ1v) is 10.5. The van der Waals surface area contributed by atoms with E-state index in [0.717, 1.165) is 49.4 Å². The van der Waals surface area contributed by atoms with Gasteiger partial charge >= 0.3 is 0 Å². The summed E-state index contributed by atoms with van der Waals surface area (Å²) >= 11 is 1.85. The molecule has 138 valence electrons. The molecular formula is C22H23N3OS. The van der Waals surface area contributed by atoms with Crippen molar-refractivity contribution in [3.05, 3.63) is 74.3 Å². The highest BCUT2D eigenvalue weighted by molar-refractivity contribution is 7.15. The highest BCUT2D eigenvalue weighted by atomic mass is 32.1. The van der Waals surface area contributed by atoms with E-state index in [1.165, 1.54) is 20.9 Å². The molecule has 0 spiro atoms. The van der Waals surface area contributed by atoms with E-state index in [2.05, 4.69) is 53.2 Å². The molecule has 1 aliphatic heterocycles. The number of aryl methyl sites for hydroxylation is 1. The van der Waals surface area contributed by atoms with Crippen LogP contribution in [0.15, 0.2) is 41.2 Å². The summed E-state index contributed by atoms with van der Waals surface area (Å²) in [5, 5.41) is 0. The molecule has 0 amide bonds. The van der Waals surface area contributed by atoms with E-state index in [-0.39, 0.29) is 5.56 Å². The van der Waals surface area contributed by atoms with Gasteiger partial charge in [0.25, 0.3) is 5.56 Å². The van der Waals surface area contributed by atoms with E-state index in [0.29, 0.717) is 12.5 Å². The van der Waals surface area contributed by atoms with E-state index < -0.39 is 0 Å². The molecule has 1 saturated carbocycles. The Morgan fingerprint density at radius 1 is 1.22 bits per heavy atom. The standard InChI is InChI=1S/C22H23N3OS/c1-14-4-2-3-5-17(14)20-9-8-16(27-20)12-25-11-10-19-18(13-25)22(26)24-21(23-19)15-6-7-15/h2-5,8-9,15H,6-7,10-13H2,1H3,(H,23,24,26). The summed E-state index contributed by atoms with van der Waals surface area (Å²) < 4.78 is 0. The van der Waals surface area contributed by atoms with Crippen molar-refractivity contribution >= 4 is 11.3 Å². The Hall–Kier alpha value is -2.24. The Labute approximate surface area is 162 Å². The van der Waals surface area contributed by atoms with Crippen molar-refractivity contribution in [2.45, 2.75) is 45.2 Å². The largest absolute Gasteiger partial charge is 0.310 e. The highest BCUT2D eigenvalue weighted by Crippen LogP contribution is 2.38. The van der Waals surface area contributed by atoms with Gasteiger partial charge in [-0.05, 0) is 43.0 Å². The fourth-order valence-corrected chi connectivity index (χ4v) is 5.00. The minimum Gasteiger partial charge on any atom is -0.310 e. The number of nitrogens with zero attached hydrogens (tertiary/aromatic N) is 2. The summed E-state index contributed by atoms with van der Waals surface area (Å²) in [6.07, 6.45) is 3.19. The van der Waals surface area contributed by atoms with Gasteiger partial charge in [0.15, 0.2) is 0 Å². The fraction of sp³-hybridized carbons (Fsp3) is 0.364. The number of rotatable bonds is 4. The maximum Gasteiger partial charge on any atom is 0.255 e. The summed E-state index contributed by atoms with van der Waals surface area (Å²) in [6.45, 7) is 4.71. The first-order valence-electron chi connectivity index (χ1n) is 9.66. The average molecular weight is 378 g/mol. The molecule has 1 fully saturated rings. The second-order valence-corrected chi connectivity index (χ2v) is 8.86. The van der Waals surface area contributed by atoms with Crippen LogP contribution in [0.1, 0.15) is 46.3 Å². The maximum atomic E-state index is 12.5. The van der Waals surface area contributed by atoms with Crippen molar-refractivity contribution in [3.8, 4) is 10.4 Å². The maximum absolute atomic E-state index is 12.5. The van der Waals surface area contributed by atoms with E-state index >= 15 is 0 Å². The molecule has 0 radical (unpaired) electrons. The quantitative estimate of drug-likeness (QED) is 0.740. The third-order valence-electron chi connectivity index (χ3n) is 5.58. The van der Waals surface area contributed by atoms with Crippen molar-refractivity contribution < 1.29 is 0 Å². The number of H-pyrrole nitrogens is 1. The lowest BCUT2D eigenvalue weighted by Crippen LogP contribution is -2.35. The third kappa shape index (κ3) is 3.37. The molecule has 4 nitrogen and oxygen atoms in total. The van der Waals surface area contributed by atoms with Gasteiger partial charge in [0.2, 0.25) is 0 Å². The number of nitrogens with one attached hydrogen (secondary N) is 1. The topological polar surface area (TPSA) is 49.0 Å². The Bertz CT molecular complexity index is 1050. The van der Waals surface area contributed by atoms with Gasteiger partial charge in [-0.2, -0.15) is 0 Å². The number of aromatic amines is 1. The Morgan fingerprint density at radius 2 is 2.07 bits per heavy atom. The molecule has 3 aromatic rings. The van der Waals surface area contributed by atoms with Gasteiger partial charge in [-0.1, -0.05) is 24.3 Å². The lowest BCUT2D eigenvalue weighted by atomic mass is 10.1. The molecule has 2 aromatic heterocycles. The van der Waals surface area contributed by atoms with Crippen LogP contribution in [-0.4, -0.2) is 21.4 Å². The minimum atomic E-state index is 0.0679. The number of thiophene rings is 1. The van der Waals surface area contributed by atoms with E-state index in [1.807, 2.05) is 11.3 Å². The molecular weight excluding hydrogens is 354 g/mol. The second-order valence-electron chi connectivity index (χ2n) is 7.69. The molecule has 2 aliphatic rings. The van der Waals surface area contributed by atoms with Crippen LogP contribution in [0.4, 0.5) is 0 Å². The van der Waals surface area contributed by atoms with Crippen LogP contribution < -0.4 is 5.56 Å². The predicted octanol–water partition coefficient (Wildman–Crippen LogP) is 4.24. The van der Waals surface area contributed by atoms with Crippen LogP contribution in [0, 0.1) is 6.92 Å². The van der Waals surface area contributed by atoms with Gasteiger partial charge in [-0.15, -0.1) is 11.3 Å². The minimum absolute atomic E-state index is 0.0679. The van der Waals surface area contributed by atoms with Crippen LogP contribution in [0.5, 0.6) is 0 Å². The van der Waals surface area contributed by atoms with Crippen molar-refractivity contribution in [1.82, 2.24) is 14.9 Å². The smallest absolute Gasteiger partial charge is 0.255 e. The normalized spacial score (nSPS) is 17.1. The predicted molar refractivity (Wildman–Crippen MR) is 109 cm³/mol. The van der Waals surface area contributed by atoms with Crippen LogP contribution >= 0.6 is 11.3 Å². The van der Waals surface area contributed by atoms with Crippen LogP contribution in [0.3, 0.4) is 0 Å². The zero-order valence-electron chi connectivity index (χ0n) is 15.5. The van der Waals surface area contributed by atoms with Gasteiger partial charge < -0.3 is 4.98 Å². The number of benzene rings is 1. The van der Waals surface area contributed by atoms with Gasteiger partial charge in [0.05, 0.1) is 11.3 Å². The van der Waals surface area contributed by atoms with Gasteiger partial charge in [-0.25, -0.2) is 4.98 Å². The lowest BCUT2D eigenvalue weighted by molar-refractivity contribution is 0.243. The van der Waals surface area contributed by atoms with Crippen LogP contribution in [-0.2, 0) is 19.5 Å². The van der Waals surface area contributed by atoms with E-state index in [9.17, 15) is 4.79 Å². The Kier molecular flexibility index (Phi) is 4.21. The van der Waals surface area contributed by atoms with Gasteiger partial charge in [-0.3, -0.25) is 9.69 Å². The molecule has 3 heterocycles. The van der Waals surface area contributed by atoms with Gasteiger partial charge in [0, 0.05) is 41.7 Å². The second kappa shape index (κ2) is 6.73. The molecule has 27 heavy (non-hydrogen) atoms. The summed E-state index contributed by atoms with van der Waals surface area (Å²) in [5.41, 5.74) is 4.57. The third-order valence-corrected chi connectivity index (χ3v) is 6.68. The van der Waals surface area contributed by atoms with Crippen molar-refractivity contribution in [1.29, 1.82) is 0 Å². The molecule has 1 aromatic carbocycles. The molecule has 0 bridgehead atoms. The van der Waals surface area contributed by atoms with E-state index in [1.54, 1.807) is 0 Å². The lowest BCUT2D eigenvalue weighted by Gasteiger charge is -2.27. The first kappa shape index (κ1) is 16.9. The monoisotopic (exact) mass is 377 g/mol. The number of hydrogen-bond donors (Lipinski definition) is 1. The fourth-order valence-electron chi connectivity index (χ4n) is 3.86. The molecule has 0 atom stereocenters. The molecule has 1 N–H and O–H groups in total. The SMILES string of the molecule is Cc1ccccc1-c1ccc(CN2CCc3nc(C4CC4)[nH]c(=O)c3C2)s1. The van der Waals surface area contributed by atoms with Crippen molar-refractivity contribution in [2.24, 2.45) is 0 Å². The molecule has 1 aliphatic carbocycles. The Balaban J connectivity index is 1.33. The number of aromatic nitrogens is 2. The Morgan fingerprint density at radius 3 is 2.89 bits per heavy atom. The van der Waals surface area contributed by atoms with Crippen molar-refractivity contribution in [3.63, 3.8) is 0 Å². The summed E-state index contributed by atoms with van der Waals surface area (Å²) in [5.74, 6) is 1.40. The zero-order chi connectivity index (χ0) is 18.4. The van der Waals surface area contributed by atoms with Gasteiger partial charge in [0.1, 0.15) is 5.82 Å². The summed E-state index contributed by atoms with van der Waals surface area (Å²) in [7, 11) is 0. The average Bonchev–Trinajstić information content (AvgIpc) is 3.42. The van der Waals surface area contributed by atoms with Crippen molar-refractivity contribution in [2.75, 3.05) is 6.54 Å². The highest BCUT2D eigenvalue weighted by Gasteiger charge is 2.29. The molecule has 5 rings (SSSR count). The zero-order valence-corrected chi connectivity index (χ0v) is 16.3. The first-order chi connectivity index (χ1) is 13.2.